The Morgan fingerprint density at radius 2 is 1.57 bits per heavy atom. The van der Waals surface area contributed by atoms with E-state index in [0.29, 0.717) is 0 Å². The molecule has 0 saturated heterocycles. The minimum Gasteiger partial charge on any atom is -0.394 e. The van der Waals surface area contributed by atoms with E-state index in [1.165, 1.54) is 11.1 Å². The summed E-state index contributed by atoms with van der Waals surface area (Å²) in [5.41, 5.74) is 3.33. The van der Waals surface area contributed by atoms with Crippen LogP contribution in [0.4, 0.5) is 0 Å². The number of aryl methyl sites for hydroxylation is 1. The van der Waals surface area contributed by atoms with Crippen LogP contribution in [0, 0.1) is 0 Å². The summed E-state index contributed by atoms with van der Waals surface area (Å²) >= 11 is 0. The van der Waals surface area contributed by atoms with Crippen molar-refractivity contribution in [2.24, 2.45) is 0 Å². The first kappa shape index (κ1) is 15.7. The molecular weight excluding hydrogens is 258 g/mol. The SMILES string of the molecule is CCc1ccc(C(CC)(CO)NCc2ccccc2)cc1. The lowest BCUT2D eigenvalue weighted by Gasteiger charge is -2.33. The highest BCUT2D eigenvalue weighted by Crippen LogP contribution is 2.25. The lowest BCUT2D eigenvalue weighted by molar-refractivity contribution is 0.154. The molecule has 1 unspecified atom stereocenters. The summed E-state index contributed by atoms with van der Waals surface area (Å²) in [7, 11) is 0. The van der Waals surface area contributed by atoms with E-state index >= 15 is 0 Å². The Morgan fingerprint density at radius 1 is 0.905 bits per heavy atom. The average molecular weight is 283 g/mol. The van der Waals surface area contributed by atoms with Gasteiger partial charge in [0.2, 0.25) is 0 Å². The first-order chi connectivity index (χ1) is 10.2. The number of rotatable bonds is 7. The van der Waals surface area contributed by atoms with Crippen molar-refractivity contribution in [1.29, 1.82) is 0 Å². The van der Waals surface area contributed by atoms with Gasteiger partial charge in [0.15, 0.2) is 0 Å². The van der Waals surface area contributed by atoms with Crippen molar-refractivity contribution in [3.05, 3.63) is 71.3 Å². The molecule has 2 nitrogen and oxygen atoms in total. The maximum Gasteiger partial charge on any atom is 0.0669 e. The van der Waals surface area contributed by atoms with Gasteiger partial charge in [-0.05, 0) is 29.5 Å². The van der Waals surface area contributed by atoms with Gasteiger partial charge in [-0.15, -0.1) is 0 Å². The van der Waals surface area contributed by atoms with Crippen LogP contribution in [0.25, 0.3) is 0 Å². The van der Waals surface area contributed by atoms with E-state index in [0.717, 1.165) is 24.9 Å². The highest BCUT2D eigenvalue weighted by atomic mass is 16.3. The van der Waals surface area contributed by atoms with Crippen LogP contribution in [-0.4, -0.2) is 11.7 Å². The smallest absolute Gasteiger partial charge is 0.0669 e. The number of hydrogen-bond acceptors (Lipinski definition) is 2. The van der Waals surface area contributed by atoms with Gasteiger partial charge in [0.1, 0.15) is 0 Å². The van der Waals surface area contributed by atoms with Crippen LogP contribution in [0.15, 0.2) is 54.6 Å². The first-order valence-corrected chi connectivity index (χ1v) is 7.73. The molecule has 0 aliphatic carbocycles. The third-order valence-corrected chi connectivity index (χ3v) is 4.26. The number of aliphatic hydroxyl groups excluding tert-OH is 1. The van der Waals surface area contributed by atoms with Crippen LogP contribution < -0.4 is 5.32 Å². The molecule has 0 aromatic heterocycles. The molecule has 2 aromatic rings. The Morgan fingerprint density at radius 3 is 2.10 bits per heavy atom. The highest BCUT2D eigenvalue weighted by molar-refractivity contribution is 5.29. The zero-order valence-corrected chi connectivity index (χ0v) is 13.0. The molecule has 2 heteroatoms. The Labute approximate surface area is 127 Å². The van der Waals surface area contributed by atoms with Gasteiger partial charge in [-0.25, -0.2) is 0 Å². The predicted octanol–water partition coefficient (Wildman–Crippen LogP) is 3.64. The Bertz CT molecular complexity index is 529. The van der Waals surface area contributed by atoms with Gasteiger partial charge in [-0.3, -0.25) is 0 Å². The summed E-state index contributed by atoms with van der Waals surface area (Å²) in [6.45, 7) is 5.12. The first-order valence-electron chi connectivity index (χ1n) is 7.73. The minimum atomic E-state index is -0.373. The fourth-order valence-electron chi connectivity index (χ4n) is 2.62. The van der Waals surface area contributed by atoms with Crippen LogP contribution in [0.3, 0.4) is 0 Å². The molecule has 0 aliphatic heterocycles. The van der Waals surface area contributed by atoms with Gasteiger partial charge in [0.05, 0.1) is 12.1 Å². The van der Waals surface area contributed by atoms with Gasteiger partial charge in [0.25, 0.3) is 0 Å². The van der Waals surface area contributed by atoms with Gasteiger partial charge in [-0.2, -0.15) is 0 Å². The second-order valence-electron chi connectivity index (χ2n) is 5.48. The topological polar surface area (TPSA) is 32.3 Å². The summed E-state index contributed by atoms with van der Waals surface area (Å²) in [4.78, 5) is 0. The molecule has 0 heterocycles. The zero-order chi connectivity index (χ0) is 15.1. The maximum atomic E-state index is 9.97. The van der Waals surface area contributed by atoms with Crippen LogP contribution in [0.2, 0.25) is 0 Å². The molecule has 112 valence electrons. The number of benzene rings is 2. The Kier molecular flexibility index (Phi) is 5.54. The van der Waals surface area contributed by atoms with Crippen LogP contribution in [0.5, 0.6) is 0 Å². The quantitative estimate of drug-likeness (QED) is 0.813. The van der Waals surface area contributed by atoms with Crippen molar-refractivity contribution in [1.82, 2.24) is 5.32 Å². The molecule has 21 heavy (non-hydrogen) atoms. The van der Waals surface area contributed by atoms with Crippen molar-refractivity contribution in [2.45, 2.75) is 38.8 Å². The van der Waals surface area contributed by atoms with Crippen LogP contribution in [0.1, 0.15) is 37.0 Å². The summed E-state index contributed by atoms with van der Waals surface area (Å²) in [5, 5.41) is 13.5. The van der Waals surface area contributed by atoms with Gasteiger partial charge in [0, 0.05) is 6.54 Å². The normalized spacial score (nSPS) is 13.9. The van der Waals surface area contributed by atoms with Crippen molar-refractivity contribution in [2.75, 3.05) is 6.61 Å². The summed E-state index contributed by atoms with van der Waals surface area (Å²) in [5.74, 6) is 0. The molecule has 1 atom stereocenters. The molecule has 0 saturated carbocycles. The van der Waals surface area contributed by atoms with Crippen molar-refractivity contribution >= 4 is 0 Å². The van der Waals surface area contributed by atoms with Crippen molar-refractivity contribution < 1.29 is 5.11 Å². The van der Waals surface area contributed by atoms with Crippen molar-refractivity contribution in [3.8, 4) is 0 Å². The summed E-state index contributed by atoms with van der Waals surface area (Å²) in [6, 6.07) is 18.9. The Hall–Kier alpha value is -1.64. The molecule has 2 aromatic carbocycles. The van der Waals surface area contributed by atoms with E-state index < -0.39 is 0 Å². The average Bonchev–Trinajstić information content (AvgIpc) is 2.58. The lowest BCUT2D eigenvalue weighted by atomic mass is 9.87. The molecule has 0 spiro atoms. The summed E-state index contributed by atoms with van der Waals surface area (Å²) < 4.78 is 0. The van der Waals surface area contributed by atoms with Gasteiger partial charge < -0.3 is 10.4 Å². The monoisotopic (exact) mass is 283 g/mol. The number of hydrogen-bond donors (Lipinski definition) is 2. The second kappa shape index (κ2) is 7.39. The standard InChI is InChI=1S/C19H25NO/c1-3-16-10-12-18(13-11-16)19(4-2,15-21)20-14-17-8-6-5-7-9-17/h5-13,20-21H,3-4,14-15H2,1-2H3. The predicted molar refractivity (Wildman–Crippen MR) is 88.2 cm³/mol. The van der Waals surface area contributed by atoms with E-state index in [1.807, 2.05) is 18.2 Å². The summed E-state index contributed by atoms with van der Waals surface area (Å²) in [6.07, 6.45) is 1.89. The zero-order valence-electron chi connectivity index (χ0n) is 13.0. The van der Waals surface area contributed by atoms with E-state index in [9.17, 15) is 5.11 Å². The maximum absolute atomic E-state index is 9.97. The lowest BCUT2D eigenvalue weighted by Crippen LogP contribution is -2.44. The van der Waals surface area contributed by atoms with E-state index in [-0.39, 0.29) is 12.1 Å². The number of aliphatic hydroxyl groups is 1. The molecule has 0 aliphatic rings. The fourth-order valence-corrected chi connectivity index (χ4v) is 2.62. The molecule has 0 bridgehead atoms. The number of nitrogens with one attached hydrogen (secondary N) is 1. The molecule has 0 amide bonds. The molecular formula is C19H25NO. The van der Waals surface area contributed by atoms with Crippen LogP contribution >= 0.6 is 0 Å². The van der Waals surface area contributed by atoms with E-state index in [2.05, 4.69) is 55.6 Å². The highest BCUT2D eigenvalue weighted by Gasteiger charge is 2.28. The molecule has 0 fully saturated rings. The molecule has 0 radical (unpaired) electrons. The van der Waals surface area contributed by atoms with E-state index in [4.69, 9.17) is 0 Å². The largest absolute Gasteiger partial charge is 0.394 e. The molecule has 2 N–H and O–H groups in total. The van der Waals surface area contributed by atoms with E-state index in [1.54, 1.807) is 0 Å². The Balaban J connectivity index is 2.18. The van der Waals surface area contributed by atoms with Gasteiger partial charge in [-0.1, -0.05) is 68.4 Å². The second-order valence-corrected chi connectivity index (χ2v) is 5.48. The van der Waals surface area contributed by atoms with Crippen LogP contribution in [-0.2, 0) is 18.5 Å². The molecule has 2 rings (SSSR count). The third-order valence-electron chi connectivity index (χ3n) is 4.26. The van der Waals surface area contributed by atoms with Crippen molar-refractivity contribution in [3.63, 3.8) is 0 Å². The minimum absolute atomic E-state index is 0.0990. The third kappa shape index (κ3) is 3.72. The fraction of sp³-hybridized carbons (Fsp3) is 0.368. The van der Waals surface area contributed by atoms with Gasteiger partial charge >= 0.3 is 0 Å².